The summed E-state index contributed by atoms with van der Waals surface area (Å²) in [5.41, 5.74) is 0. The van der Waals surface area contributed by atoms with Crippen molar-refractivity contribution in [3.05, 3.63) is 0 Å². The third-order valence-corrected chi connectivity index (χ3v) is 4.85. The van der Waals surface area contributed by atoms with Crippen molar-refractivity contribution < 1.29 is 8.42 Å². The van der Waals surface area contributed by atoms with E-state index in [0.29, 0.717) is 0 Å². The van der Waals surface area contributed by atoms with Crippen LogP contribution in [0.4, 0.5) is 0 Å². The van der Waals surface area contributed by atoms with E-state index in [2.05, 4.69) is 12.2 Å². The lowest BCUT2D eigenvalue weighted by atomic mass is 10.2. The minimum absolute atomic E-state index is 0.140. The van der Waals surface area contributed by atoms with E-state index >= 15 is 0 Å². The first-order valence-corrected chi connectivity index (χ1v) is 7.93. The molecule has 1 aliphatic rings. The Morgan fingerprint density at radius 2 is 2.00 bits per heavy atom. The Hall–Kier alpha value is -0.0900. The van der Waals surface area contributed by atoms with Gasteiger partial charge in [-0.1, -0.05) is 26.2 Å². The zero-order valence-electron chi connectivity index (χ0n) is 9.83. The Balaban J connectivity index is 2.34. The molecule has 0 radical (unpaired) electrons. The van der Waals surface area contributed by atoms with Gasteiger partial charge in [-0.3, -0.25) is 0 Å². The molecule has 0 bridgehead atoms. The van der Waals surface area contributed by atoms with Gasteiger partial charge in [-0.15, -0.1) is 0 Å². The maximum atomic E-state index is 11.5. The molecule has 4 heteroatoms. The maximum absolute atomic E-state index is 11.5. The molecule has 1 N–H and O–H groups in total. The van der Waals surface area contributed by atoms with Crippen molar-refractivity contribution in [2.75, 3.05) is 12.8 Å². The van der Waals surface area contributed by atoms with E-state index in [1.54, 1.807) is 0 Å². The lowest BCUT2D eigenvalue weighted by Gasteiger charge is -2.19. The number of rotatable bonds is 6. The average Bonchev–Trinajstić information content (AvgIpc) is 2.59. The molecule has 0 heterocycles. The molecule has 0 aromatic carbocycles. The van der Waals surface area contributed by atoms with E-state index < -0.39 is 9.84 Å². The largest absolute Gasteiger partial charge is 0.313 e. The highest BCUT2D eigenvalue weighted by atomic mass is 32.2. The smallest absolute Gasteiger partial charge is 0.151 e. The zero-order chi connectivity index (χ0) is 11.3. The van der Waals surface area contributed by atoms with Gasteiger partial charge >= 0.3 is 0 Å². The molecule has 0 aromatic rings. The van der Waals surface area contributed by atoms with Gasteiger partial charge < -0.3 is 5.32 Å². The predicted octanol–water partition coefficient (Wildman–Crippen LogP) is 1.73. The second kappa shape index (κ2) is 5.85. The summed E-state index contributed by atoms with van der Waals surface area (Å²) < 4.78 is 23.0. The molecule has 1 saturated carbocycles. The summed E-state index contributed by atoms with van der Waals surface area (Å²) in [5.74, 6) is 0. The molecule has 1 fully saturated rings. The molecule has 3 nitrogen and oxygen atoms in total. The Kier molecular flexibility index (Phi) is 5.06. The van der Waals surface area contributed by atoms with Gasteiger partial charge in [0.05, 0.1) is 5.25 Å². The van der Waals surface area contributed by atoms with Gasteiger partial charge in [0.2, 0.25) is 0 Å². The van der Waals surface area contributed by atoms with E-state index in [1.807, 2.05) is 0 Å². The monoisotopic (exact) mass is 233 g/mol. The third-order valence-electron chi connectivity index (χ3n) is 3.19. The Morgan fingerprint density at radius 1 is 1.27 bits per heavy atom. The molecule has 15 heavy (non-hydrogen) atoms. The van der Waals surface area contributed by atoms with Gasteiger partial charge in [-0.25, -0.2) is 8.42 Å². The van der Waals surface area contributed by atoms with Crippen LogP contribution in [0.3, 0.4) is 0 Å². The second-order valence-corrected chi connectivity index (χ2v) is 6.83. The molecule has 1 aliphatic carbocycles. The average molecular weight is 233 g/mol. The van der Waals surface area contributed by atoms with Crippen molar-refractivity contribution in [2.45, 2.75) is 56.7 Å². The van der Waals surface area contributed by atoms with Crippen LogP contribution in [0.5, 0.6) is 0 Å². The summed E-state index contributed by atoms with van der Waals surface area (Å²) in [7, 11) is -2.86. The summed E-state index contributed by atoms with van der Waals surface area (Å²) in [6, 6.07) is 0.205. The van der Waals surface area contributed by atoms with Crippen LogP contribution in [0.15, 0.2) is 0 Å². The van der Waals surface area contributed by atoms with Crippen molar-refractivity contribution in [2.24, 2.45) is 0 Å². The molecule has 0 spiro atoms. The fourth-order valence-corrected chi connectivity index (χ4v) is 3.76. The van der Waals surface area contributed by atoms with E-state index in [-0.39, 0.29) is 11.3 Å². The number of sulfone groups is 1. The SMILES string of the molecule is CCCCCNC1CCCC1S(C)(=O)=O. The molecule has 0 aromatic heterocycles. The Labute approximate surface area is 93.6 Å². The van der Waals surface area contributed by atoms with Crippen LogP contribution in [0, 0.1) is 0 Å². The molecule has 1 rings (SSSR count). The Bertz CT molecular complexity index is 274. The van der Waals surface area contributed by atoms with Crippen molar-refractivity contribution in [1.29, 1.82) is 0 Å². The van der Waals surface area contributed by atoms with Crippen LogP contribution in [-0.2, 0) is 9.84 Å². The predicted molar refractivity (Wildman–Crippen MR) is 63.8 cm³/mol. The third kappa shape index (κ3) is 4.11. The fourth-order valence-electron chi connectivity index (χ4n) is 2.33. The first-order chi connectivity index (χ1) is 7.05. The van der Waals surface area contributed by atoms with Gasteiger partial charge in [0.25, 0.3) is 0 Å². The molecular weight excluding hydrogens is 210 g/mol. The number of hydrogen-bond donors (Lipinski definition) is 1. The summed E-state index contributed by atoms with van der Waals surface area (Å²) in [4.78, 5) is 0. The van der Waals surface area contributed by atoms with Gasteiger partial charge in [-0.05, 0) is 25.8 Å². The van der Waals surface area contributed by atoms with Crippen LogP contribution in [-0.4, -0.2) is 32.5 Å². The van der Waals surface area contributed by atoms with E-state index in [1.165, 1.54) is 19.1 Å². The number of unbranched alkanes of at least 4 members (excludes halogenated alkanes) is 2. The highest BCUT2D eigenvalue weighted by Gasteiger charge is 2.33. The molecule has 0 saturated heterocycles. The van der Waals surface area contributed by atoms with E-state index in [4.69, 9.17) is 0 Å². The van der Waals surface area contributed by atoms with Crippen LogP contribution in [0.25, 0.3) is 0 Å². The molecule has 2 unspecified atom stereocenters. The summed E-state index contributed by atoms with van der Waals surface area (Å²) in [6.07, 6.45) is 7.86. The number of nitrogens with one attached hydrogen (secondary N) is 1. The minimum Gasteiger partial charge on any atom is -0.313 e. The zero-order valence-corrected chi connectivity index (χ0v) is 10.6. The van der Waals surface area contributed by atoms with Gasteiger partial charge in [0.1, 0.15) is 0 Å². The van der Waals surface area contributed by atoms with E-state index in [9.17, 15) is 8.42 Å². The van der Waals surface area contributed by atoms with Crippen LogP contribution in [0.2, 0.25) is 0 Å². The molecule has 2 atom stereocenters. The first kappa shape index (κ1) is 13.0. The standard InChI is InChI=1S/C11H23NO2S/c1-3-4-5-9-12-10-7-6-8-11(10)15(2,13)14/h10-12H,3-9H2,1-2H3. The first-order valence-electron chi connectivity index (χ1n) is 5.98. The highest BCUT2D eigenvalue weighted by Crippen LogP contribution is 2.24. The van der Waals surface area contributed by atoms with Crippen molar-refractivity contribution in [3.63, 3.8) is 0 Å². The van der Waals surface area contributed by atoms with E-state index in [0.717, 1.165) is 32.2 Å². The molecule has 0 amide bonds. The van der Waals surface area contributed by atoms with Crippen molar-refractivity contribution in [3.8, 4) is 0 Å². The maximum Gasteiger partial charge on any atom is 0.151 e. The molecule has 0 aliphatic heterocycles. The van der Waals surface area contributed by atoms with Gasteiger partial charge in [0, 0.05) is 12.3 Å². The normalized spacial score (nSPS) is 27.1. The van der Waals surface area contributed by atoms with Gasteiger partial charge in [0.15, 0.2) is 9.84 Å². The lowest BCUT2D eigenvalue weighted by molar-refractivity contribution is 0.495. The molecule has 90 valence electrons. The summed E-state index contributed by atoms with van der Waals surface area (Å²) in [5, 5.41) is 3.25. The fraction of sp³-hybridized carbons (Fsp3) is 1.00. The van der Waals surface area contributed by atoms with Crippen LogP contribution in [0.1, 0.15) is 45.4 Å². The van der Waals surface area contributed by atoms with Crippen LogP contribution < -0.4 is 5.32 Å². The van der Waals surface area contributed by atoms with Crippen LogP contribution >= 0.6 is 0 Å². The minimum atomic E-state index is -2.86. The summed E-state index contributed by atoms with van der Waals surface area (Å²) >= 11 is 0. The topological polar surface area (TPSA) is 46.2 Å². The van der Waals surface area contributed by atoms with Gasteiger partial charge in [-0.2, -0.15) is 0 Å². The van der Waals surface area contributed by atoms with Crippen molar-refractivity contribution in [1.82, 2.24) is 5.32 Å². The van der Waals surface area contributed by atoms with Crippen molar-refractivity contribution >= 4 is 9.84 Å². The molecular formula is C11H23NO2S. The quantitative estimate of drug-likeness (QED) is 0.711. The lowest BCUT2D eigenvalue weighted by Crippen LogP contribution is -2.40. The second-order valence-electron chi connectivity index (χ2n) is 4.57. The number of hydrogen-bond acceptors (Lipinski definition) is 3. The highest BCUT2D eigenvalue weighted by molar-refractivity contribution is 7.91. The Morgan fingerprint density at radius 3 is 2.60 bits per heavy atom. The summed E-state index contributed by atoms with van der Waals surface area (Å²) in [6.45, 7) is 3.14.